The Morgan fingerprint density at radius 1 is 1.35 bits per heavy atom. The van der Waals surface area contributed by atoms with Gasteiger partial charge < -0.3 is 16.0 Å². The fourth-order valence-corrected chi connectivity index (χ4v) is 2.95. The number of hydrogen-bond acceptors (Lipinski definition) is 3. The van der Waals surface area contributed by atoms with Gasteiger partial charge in [-0.25, -0.2) is 0 Å². The molecular formula is C16H21Cl2N3O2. The third kappa shape index (κ3) is 4.59. The second-order valence-electron chi connectivity index (χ2n) is 5.80. The van der Waals surface area contributed by atoms with Gasteiger partial charge in [0.25, 0.3) is 5.91 Å². The zero-order valence-electron chi connectivity index (χ0n) is 13.2. The Labute approximate surface area is 146 Å². The molecule has 2 rings (SSSR count). The molecule has 1 saturated heterocycles. The number of rotatable bonds is 4. The second kappa shape index (κ2) is 7.99. The normalized spacial score (nSPS) is 22.3. The SMILES string of the molecule is CC(NC(=O)c1cccc(Cl)c1Cl)C(=O)NC1CCCNC1C. The van der Waals surface area contributed by atoms with E-state index >= 15 is 0 Å². The van der Waals surface area contributed by atoms with Crippen molar-refractivity contribution in [3.8, 4) is 0 Å². The van der Waals surface area contributed by atoms with Gasteiger partial charge in [0.05, 0.1) is 15.6 Å². The summed E-state index contributed by atoms with van der Waals surface area (Å²) in [4.78, 5) is 24.5. The molecule has 126 valence electrons. The zero-order valence-corrected chi connectivity index (χ0v) is 14.7. The van der Waals surface area contributed by atoms with E-state index in [2.05, 4.69) is 16.0 Å². The first-order chi connectivity index (χ1) is 10.9. The molecule has 0 saturated carbocycles. The Hall–Kier alpha value is -1.30. The van der Waals surface area contributed by atoms with Crippen LogP contribution in [0.2, 0.25) is 10.0 Å². The first-order valence-corrected chi connectivity index (χ1v) is 8.44. The monoisotopic (exact) mass is 357 g/mol. The molecule has 0 radical (unpaired) electrons. The summed E-state index contributed by atoms with van der Waals surface area (Å²) in [6.45, 7) is 4.65. The van der Waals surface area contributed by atoms with Crippen LogP contribution in [0.15, 0.2) is 18.2 Å². The lowest BCUT2D eigenvalue weighted by molar-refractivity contribution is -0.123. The predicted octanol–water partition coefficient (Wildman–Crippen LogP) is 2.37. The number of hydrogen-bond donors (Lipinski definition) is 3. The maximum Gasteiger partial charge on any atom is 0.253 e. The average molecular weight is 358 g/mol. The molecule has 3 unspecified atom stereocenters. The second-order valence-corrected chi connectivity index (χ2v) is 6.58. The van der Waals surface area contributed by atoms with E-state index in [1.54, 1.807) is 25.1 Å². The van der Waals surface area contributed by atoms with E-state index in [4.69, 9.17) is 23.2 Å². The van der Waals surface area contributed by atoms with Gasteiger partial charge in [0.1, 0.15) is 6.04 Å². The number of piperidine rings is 1. The molecule has 3 N–H and O–H groups in total. The van der Waals surface area contributed by atoms with Crippen LogP contribution in [0, 0.1) is 0 Å². The maximum atomic E-state index is 12.3. The Bertz CT molecular complexity index is 595. The number of amides is 2. The van der Waals surface area contributed by atoms with Crippen molar-refractivity contribution in [3.63, 3.8) is 0 Å². The first-order valence-electron chi connectivity index (χ1n) is 7.68. The van der Waals surface area contributed by atoms with E-state index in [0.29, 0.717) is 5.02 Å². The van der Waals surface area contributed by atoms with Crippen molar-refractivity contribution in [2.75, 3.05) is 6.54 Å². The topological polar surface area (TPSA) is 70.2 Å². The van der Waals surface area contributed by atoms with Crippen molar-refractivity contribution in [2.24, 2.45) is 0 Å². The van der Waals surface area contributed by atoms with Gasteiger partial charge in [0.2, 0.25) is 5.91 Å². The molecule has 23 heavy (non-hydrogen) atoms. The van der Waals surface area contributed by atoms with Crippen molar-refractivity contribution in [1.29, 1.82) is 0 Å². The molecule has 1 fully saturated rings. The molecule has 5 nitrogen and oxygen atoms in total. The lowest BCUT2D eigenvalue weighted by Gasteiger charge is -2.31. The predicted molar refractivity (Wildman–Crippen MR) is 92.0 cm³/mol. The number of halogens is 2. The smallest absolute Gasteiger partial charge is 0.253 e. The van der Waals surface area contributed by atoms with Crippen molar-refractivity contribution in [2.45, 2.75) is 44.8 Å². The highest BCUT2D eigenvalue weighted by Gasteiger charge is 2.25. The number of benzene rings is 1. The number of nitrogens with one attached hydrogen (secondary N) is 3. The third-order valence-electron chi connectivity index (χ3n) is 4.03. The minimum absolute atomic E-state index is 0.0744. The zero-order chi connectivity index (χ0) is 17.0. The summed E-state index contributed by atoms with van der Waals surface area (Å²) < 4.78 is 0. The summed E-state index contributed by atoms with van der Waals surface area (Å²) in [6, 6.07) is 4.45. The summed E-state index contributed by atoms with van der Waals surface area (Å²) >= 11 is 11.9. The summed E-state index contributed by atoms with van der Waals surface area (Å²) in [6.07, 6.45) is 1.95. The van der Waals surface area contributed by atoms with Crippen molar-refractivity contribution in [1.82, 2.24) is 16.0 Å². The molecule has 7 heteroatoms. The van der Waals surface area contributed by atoms with E-state index in [1.807, 2.05) is 6.92 Å². The van der Waals surface area contributed by atoms with Crippen LogP contribution in [0.4, 0.5) is 0 Å². The highest BCUT2D eigenvalue weighted by atomic mass is 35.5. The maximum absolute atomic E-state index is 12.3. The summed E-state index contributed by atoms with van der Waals surface area (Å²) in [5, 5.41) is 9.44. The first kappa shape index (κ1) is 18.0. The standard InChI is InChI=1S/C16H21Cl2N3O2/c1-9-13(7-4-8-19-9)21-15(22)10(2)20-16(23)11-5-3-6-12(17)14(11)18/h3,5-6,9-10,13,19H,4,7-8H2,1-2H3,(H,20,23)(H,21,22). The van der Waals surface area contributed by atoms with Crippen LogP contribution in [0.5, 0.6) is 0 Å². The Balaban J connectivity index is 1.95. The summed E-state index contributed by atoms with van der Waals surface area (Å²) in [5.41, 5.74) is 0.256. The van der Waals surface area contributed by atoms with Gasteiger partial charge in [-0.1, -0.05) is 29.3 Å². The fraction of sp³-hybridized carbons (Fsp3) is 0.500. The molecule has 1 aromatic rings. The molecule has 1 aromatic carbocycles. The van der Waals surface area contributed by atoms with Crippen LogP contribution in [0.3, 0.4) is 0 Å². The largest absolute Gasteiger partial charge is 0.350 e. The lowest BCUT2D eigenvalue weighted by atomic mass is 9.99. The number of carbonyl (C=O) groups is 2. The third-order valence-corrected chi connectivity index (χ3v) is 4.85. The molecular weight excluding hydrogens is 337 g/mol. The van der Waals surface area contributed by atoms with Crippen LogP contribution in [-0.4, -0.2) is 36.5 Å². The van der Waals surface area contributed by atoms with Gasteiger partial charge in [-0.2, -0.15) is 0 Å². The highest BCUT2D eigenvalue weighted by molar-refractivity contribution is 6.43. The van der Waals surface area contributed by atoms with Crippen molar-refractivity contribution >= 4 is 35.0 Å². The Morgan fingerprint density at radius 3 is 2.78 bits per heavy atom. The van der Waals surface area contributed by atoms with Crippen molar-refractivity contribution in [3.05, 3.63) is 33.8 Å². The molecule has 0 aromatic heterocycles. The van der Waals surface area contributed by atoms with Crippen LogP contribution >= 0.6 is 23.2 Å². The number of carbonyl (C=O) groups excluding carboxylic acids is 2. The Morgan fingerprint density at radius 2 is 2.09 bits per heavy atom. The van der Waals surface area contributed by atoms with Crippen LogP contribution in [-0.2, 0) is 4.79 Å². The summed E-state index contributed by atoms with van der Waals surface area (Å²) in [7, 11) is 0. The molecule has 1 aliphatic heterocycles. The van der Waals surface area contributed by atoms with Gasteiger partial charge >= 0.3 is 0 Å². The quantitative estimate of drug-likeness (QED) is 0.774. The molecule has 1 aliphatic rings. The van der Waals surface area contributed by atoms with Crippen LogP contribution in [0.25, 0.3) is 0 Å². The van der Waals surface area contributed by atoms with Gasteiger partial charge in [-0.3, -0.25) is 9.59 Å². The molecule has 0 spiro atoms. The fourth-order valence-electron chi connectivity index (χ4n) is 2.57. The lowest BCUT2D eigenvalue weighted by Crippen LogP contribution is -2.55. The minimum atomic E-state index is -0.660. The molecule has 0 bridgehead atoms. The van der Waals surface area contributed by atoms with Gasteiger partial charge in [0.15, 0.2) is 0 Å². The van der Waals surface area contributed by atoms with E-state index < -0.39 is 11.9 Å². The molecule has 0 aliphatic carbocycles. The van der Waals surface area contributed by atoms with Crippen LogP contribution < -0.4 is 16.0 Å². The van der Waals surface area contributed by atoms with Crippen LogP contribution in [0.1, 0.15) is 37.0 Å². The van der Waals surface area contributed by atoms with Crippen molar-refractivity contribution < 1.29 is 9.59 Å². The van der Waals surface area contributed by atoms with Gasteiger partial charge in [-0.05, 0) is 45.4 Å². The van der Waals surface area contributed by atoms with E-state index in [0.717, 1.165) is 19.4 Å². The van der Waals surface area contributed by atoms with Gasteiger partial charge in [0, 0.05) is 12.1 Å². The van der Waals surface area contributed by atoms with E-state index in [-0.39, 0.29) is 28.6 Å². The molecule has 3 atom stereocenters. The van der Waals surface area contributed by atoms with E-state index in [9.17, 15) is 9.59 Å². The Kier molecular flexibility index (Phi) is 6.27. The minimum Gasteiger partial charge on any atom is -0.350 e. The highest BCUT2D eigenvalue weighted by Crippen LogP contribution is 2.25. The van der Waals surface area contributed by atoms with E-state index in [1.165, 1.54) is 0 Å². The molecule has 1 heterocycles. The average Bonchev–Trinajstić information content (AvgIpc) is 2.52. The summed E-state index contributed by atoms with van der Waals surface area (Å²) in [5.74, 6) is -0.632. The van der Waals surface area contributed by atoms with Gasteiger partial charge in [-0.15, -0.1) is 0 Å². The molecule has 2 amide bonds.